The van der Waals surface area contributed by atoms with Gasteiger partial charge in [0.1, 0.15) is 16.5 Å². The van der Waals surface area contributed by atoms with Crippen LogP contribution < -0.4 is 5.32 Å². The van der Waals surface area contributed by atoms with Crippen molar-refractivity contribution < 1.29 is 5.11 Å². The minimum atomic E-state index is 0.0624. The van der Waals surface area contributed by atoms with Gasteiger partial charge in [0.2, 0.25) is 0 Å². The molecule has 1 aliphatic rings. The van der Waals surface area contributed by atoms with Gasteiger partial charge in [-0.2, -0.15) is 0 Å². The number of nitrogens with zero attached hydrogens (tertiary/aromatic N) is 3. The van der Waals surface area contributed by atoms with Crippen molar-refractivity contribution in [1.29, 1.82) is 0 Å². The van der Waals surface area contributed by atoms with Gasteiger partial charge < -0.3 is 10.4 Å². The summed E-state index contributed by atoms with van der Waals surface area (Å²) in [7, 11) is 0. The summed E-state index contributed by atoms with van der Waals surface area (Å²) in [4.78, 5) is 15.8. The lowest BCUT2D eigenvalue weighted by Crippen LogP contribution is -2.21. The highest BCUT2D eigenvalue weighted by atomic mass is 32.1. The Morgan fingerprint density at radius 3 is 2.78 bits per heavy atom. The van der Waals surface area contributed by atoms with Gasteiger partial charge in [-0.3, -0.25) is 4.90 Å². The summed E-state index contributed by atoms with van der Waals surface area (Å²) < 4.78 is 0. The zero-order chi connectivity index (χ0) is 18.8. The number of nitrogens with one attached hydrogen (secondary N) is 1. The van der Waals surface area contributed by atoms with E-state index in [2.05, 4.69) is 41.6 Å². The molecule has 1 saturated heterocycles. The van der Waals surface area contributed by atoms with Crippen LogP contribution in [-0.4, -0.2) is 39.7 Å². The number of fused-ring (bicyclic) bond motifs is 1. The van der Waals surface area contributed by atoms with Gasteiger partial charge >= 0.3 is 0 Å². The largest absolute Gasteiger partial charge is 0.396 e. The molecule has 1 aliphatic heterocycles. The predicted octanol–water partition coefficient (Wildman–Crippen LogP) is 4.50. The zero-order valence-corrected chi connectivity index (χ0v) is 17.5. The molecule has 1 atom stereocenters. The Hall–Kier alpha value is -1.54. The van der Waals surface area contributed by atoms with E-state index in [1.54, 1.807) is 22.7 Å². The summed E-state index contributed by atoms with van der Waals surface area (Å²) in [5.41, 5.74) is 1.25. The molecule has 0 aromatic carbocycles. The summed E-state index contributed by atoms with van der Waals surface area (Å²) >= 11 is 3.46. The van der Waals surface area contributed by atoms with Crippen LogP contribution in [0.5, 0.6) is 0 Å². The van der Waals surface area contributed by atoms with Crippen molar-refractivity contribution >= 4 is 38.7 Å². The van der Waals surface area contributed by atoms with Crippen LogP contribution in [0, 0.1) is 13.8 Å². The summed E-state index contributed by atoms with van der Waals surface area (Å²) in [5, 5.41) is 16.4. The van der Waals surface area contributed by atoms with Crippen LogP contribution in [0.15, 0.2) is 17.5 Å². The van der Waals surface area contributed by atoms with Crippen molar-refractivity contribution in [2.75, 3.05) is 25.0 Å². The third kappa shape index (κ3) is 4.01. The number of aliphatic hydroxyl groups excluding tert-OH is 1. The fourth-order valence-electron chi connectivity index (χ4n) is 3.68. The Morgan fingerprint density at radius 1 is 1.26 bits per heavy atom. The molecule has 1 fully saturated rings. The lowest BCUT2D eigenvalue weighted by atomic mass is 10.1. The minimum Gasteiger partial charge on any atom is -0.396 e. The van der Waals surface area contributed by atoms with Gasteiger partial charge in [-0.05, 0) is 63.2 Å². The zero-order valence-electron chi connectivity index (χ0n) is 15.9. The van der Waals surface area contributed by atoms with Crippen LogP contribution in [0.4, 0.5) is 5.82 Å². The average Bonchev–Trinajstić information content (AvgIpc) is 3.38. The molecule has 4 rings (SSSR count). The van der Waals surface area contributed by atoms with Crippen molar-refractivity contribution in [3.05, 3.63) is 38.7 Å². The number of anilines is 1. The van der Waals surface area contributed by atoms with Gasteiger partial charge in [0.15, 0.2) is 0 Å². The first kappa shape index (κ1) is 18.8. The standard InChI is InChI=1S/C20H26N4OS2/c1-13-14(2)27-20-18(13)19(21-15(7-10-25)16-6-5-11-26-16)22-17(23-20)12-24-8-3-4-9-24/h5-6,11,15,25H,3-4,7-10,12H2,1-2H3,(H,21,22,23). The minimum absolute atomic E-state index is 0.0624. The van der Waals surface area contributed by atoms with Crippen molar-refractivity contribution in [3.63, 3.8) is 0 Å². The maximum absolute atomic E-state index is 9.56. The molecule has 7 heteroatoms. The first-order valence-electron chi connectivity index (χ1n) is 9.55. The molecule has 0 radical (unpaired) electrons. The monoisotopic (exact) mass is 402 g/mol. The number of aliphatic hydroxyl groups is 1. The van der Waals surface area contributed by atoms with E-state index in [1.165, 1.54) is 28.2 Å². The Kier molecular flexibility index (Phi) is 5.73. The molecule has 144 valence electrons. The normalized spacial score (nSPS) is 16.3. The van der Waals surface area contributed by atoms with Gasteiger partial charge in [0.05, 0.1) is 18.0 Å². The Morgan fingerprint density at radius 2 is 2.07 bits per heavy atom. The summed E-state index contributed by atoms with van der Waals surface area (Å²) in [6.45, 7) is 7.52. The molecule has 0 saturated carbocycles. The van der Waals surface area contributed by atoms with E-state index in [-0.39, 0.29) is 12.6 Å². The fourth-order valence-corrected chi connectivity index (χ4v) is 5.54. The number of thiophene rings is 2. The van der Waals surface area contributed by atoms with Crippen LogP contribution in [0.2, 0.25) is 0 Å². The Balaban J connectivity index is 1.72. The quantitative estimate of drug-likeness (QED) is 0.609. The number of aryl methyl sites for hydroxylation is 2. The van der Waals surface area contributed by atoms with E-state index >= 15 is 0 Å². The lowest BCUT2D eigenvalue weighted by Gasteiger charge is -2.19. The van der Waals surface area contributed by atoms with Crippen LogP contribution in [-0.2, 0) is 6.54 Å². The fraction of sp³-hybridized carbons (Fsp3) is 0.500. The van der Waals surface area contributed by atoms with Gasteiger partial charge in [-0.25, -0.2) is 9.97 Å². The van der Waals surface area contributed by atoms with Gasteiger partial charge in [-0.1, -0.05) is 6.07 Å². The summed E-state index contributed by atoms with van der Waals surface area (Å²) in [5.74, 6) is 1.80. The van der Waals surface area contributed by atoms with E-state index in [4.69, 9.17) is 9.97 Å². The highest BCUT2D eigenvalue weighted by Gasteiger charge is 2.20. The summed E-state index contributed by atoms with van der Waals surface area (Å²) in [6, 6.07) is 4.24. The van der Waals surface area contributed by atoms with E-state index in [9.17, 15) is 5.11 Å². The molecule has 5 nitrogen and oxygen atoms in total. The SMILES string of the molecule is Cc1sc2nc(CN3CCCC3)nc(NC(CCO)c3cccs3)c2c1C. The molecule has 27 heavy (non-hydrogen) atoms. The van der Waals surface area contributed by atoms with Crippen molar-refractivity contribution in [3.8, 4) is 0 Å². The first-order chi connectivity index (χ1) is 13.2. The van der Waals surface area contributed by atoms with Gasteiger partial charge in [0, 0.05) is 16.4 Å². The molecular weight excluding hydrogens is 376 g/mol. The number of aromatic nitrogens is 2. The number of likely N-dealkylation sites (tertiary alicyclic amines) is 1. The molecule has 2 N–H and O–H groups in total. The van der Waals surface area contributed by atoms with Crippen LogP contribution in [0.3, 0.4) is 0 Å². The van der Waals surface area contributed by atoms with Gasteiger partial charge in [-0.15, -0.1) is 22.7 Å². The molecule has 0 spiro atoms. The Labute approximate surface area is 168 Å². The lowest BCUT2D eigenvalue weighted by molar-refractivity contribution is 0.280. The third-order valence-corrected chi connectivity index (χ3v) is 7.34. The van der Waals surface area contributed by atoms with Crippen LogP contribution in [0.25, 0.3) is 10.2 Å². The van der Waals surface area contributed by atoms with Crippen LogP contribution >= 0.6 is 22.7 Å². The molecule has 0 aliphatic carbocycles. The highest BCUT2D eigenvalue weighted by molar-refractivity contribution is 7.18. The second-order valence-corrected chi connectivity index (χ2v) is 9.34. The van der Waals surface area contributed by atoms with Gasteiger partial charge in [0.25, 0.3) is 0 Å². The van der Waals surface area contributed by atoms with Crippen LogP contribution in [0.1, 0.15) is 46.4 Å². The van der Waals surface area contributed by atoms with Crippen molar-refractivity contribution in [1.82, 2.24) is 14.9 Å². The van der Waals surface area contributed by atoms with Crippen molar-refractivity contribution in [2.45, 2.75) is 45.7 Å². The van der Waals surface area contributed by atoms with E-state index in [0.717, 1.165) is 41.5 Å². The average molecular weight is 403 g/mol. The smallest absolute Gasteiger partial charge is 0.146 e. The van der Waals surface area contributed by atoms with Crippen molar-refractivity contribution in [2.24, 2.45) is 0 Å². The molecule has 0 amide bonds. The molecule has 1 unspecified atom stereocenters. The highest BCUT2D eigenvalue weighted by Crippen LogP contribution is 2.36. The Bertz CT molecular complexity index is 900. The second-order valence-electron chi connectivity index (χ2n) is 7.16. The predicted molar refractivity (Wildman–Crippen MR) is 114 cm³/mol. The molecule has 3 aromatic heterocycles. The summed E-state index contributed by atoms with van der Waals surface area (Å²) in [6.07, 6.45) is 3.19. The third-order valence-electron chi connectivity index (χ3n) is 5.25. The molecule has 0 bridgehead atoms. The topological polar surface area (TPSA) is 61.3 Å². The molecule has 4 heterocycles. The van der Waals surface area contributed by atoms with E-state index < -0.39 is 0 Å². The maximum Gasteiger partial charge on any atom is 0.146 e. The molecule has 3 aromatic rings. The maximum atomic E-state index is 9.56. The number of hydrogen-bond donors (Lipinski definition) is 2. The van der Waals surface area contributed by atoms with E-state index in [0.29, 0.717) is 6.42 Å². The number of hydrogen-bond acceptors (Lipinski definition) is 7. The molecular formula is C20H26N4OS2. The van der Waals surface area contributed by atoms with E-state index in [1.807, 2.05) is 0 Å². The second kappa shape index (κ2) is 8.22. The number of rotatable bonds is 7. The first-order valence-corrected chi connectivity index (χ1v) is 11.2.